The molecule has 0 aromatic carbocycles. The van der Waals surface area contributed by atoms with Crippen LogP contribution in [0.3, 0.4) is 0 Å². The van der Waals surface area contributed by atoms with Gasteiger partial charge in [-0.05, 0) is 63.8 Å². The van der Waals surface area contributed by atoms with E-state index in [0.29, 0.717) is 12.8 Å². The summed E-state index contributed by atoms with van der Waals surface area (Å²) in [5, 5.41) is 47.5. The fourth-order valence-corrected chi connectivity index (χ4v) is 6.14. The molecule has 24 heteroatoms. The van der Waals surface area contributed by atoms with Crippen LogP contribution in [0.15, 0.2) is 0 Å². The van der Waals surface area contributed by atoms with Crippen LogP contribution in [-0.2, 0) is 52.7 Å². The smallest absolute Gasteiger partial charge is 0.303 e. The summed E-state index contributed by atoms with van der Waals surface area (Å²) in [7, 11) is 0. The van der Waals surface area contributed by atoms with E-state index >= 15 is 0 Å². The summed E-state index contributed by atoms with van der Waals surface area (Å²) in [4.78, 5) is 143. The summed E-state index contributed by atoms with van der Waals surface area (Å²) in [6.07, 6.45) is -2.68. The lowest BCUT2D eigenvalue weighted by Gasteiger charge is -2.30. The largest absolute Gasteiger partial charge is 0.481 e. The molecule has 0 spiro atoms. The van der Waals surface area contributed by atoms with E-state index in [4.69, 9.17) is 5.73 Å². The number of hydrogen-bond donors (Lipinski definition) is 13. The Morgan fingerprint density at radius 2 is 0.803 bits per heavy atom. The second-order valence-electron chi connectivity index (χ2n) is 15.3. The predicted molar refractivity (Wildman–Crippen MR) is 218 cm³/mol. The molecule has 13 N–H and O–H groups in total. The quantitative estimate of drug-likeness (QED) is 0.0538. The first-order chi connectivity index (χ1) is 28.5. The molecule has 1 fully saturated rings. The summed E-state index contributed by atoms with van der Waals surface area (Å²) in [6, 6.07) is -11.9. The Kier molecular flexibility index (Phi) is 23.4. The SMILES string of the molecule is CC(C)[C@@H]1NC(=O)[C@H](CCC(=O)O)NC(=O)[C@H](CCCCN)NC(=O)[C@H](CS)NC(=O)[C@H](C)NC(=O)[C@H](CCC(=O)O)NC(=O)[C@H](CCC(=O)O)NC(=O)[C@H](C(C)C)NC1=O. The van der Waals surface area contributed by atoms with Crippen LogP contribution in [0.2, 0.25) is 0 Å². The van der Waals surface area contributed by atoms with Crippen molar-refractivity contribution in [3.8, 4) is 0 Å². The standard InChI is InChI=1S/C37H61N9O14S/c1-17(2)28-36(59)43-22(10-13-26(49)50)33(56)41-21(9-12-25(47)48)31(54)39-19(5)30(53)44-24(16-61)35(58)40-20(8-6-7-15-38)32(55)42-23(11-14-27(51)52)34(57)45-29(18(3)4)37(60)46-28/h17-24,28-29,61H,6-16,38H2,1-5H3,(H,39,54)(H,40,58)(H,41,56)(H,42,55)(H,43,59)(H,44,53)(H,45,57)(H,46,60)(H,47,48)(H,49,50)(H,51,52)/t19-,20-,21-,22-,23-,24-,28-,29-/m0/s1. The minimum atomic E-state index is -1.65. The lowest BCUT2D eigenvalue weighted by molar-refractivity contribution is -0.140. The van der Waals surface area contributed by atoms with Gasteiger partial charge in [0.2, 0.25) is 47.3 Å². The molecule has 8 atom stereocenters. The van der Waals surface area contributed by atoms with Gasteiger partial charge in [0, 0.05) is 25.0 Å². The van der Waals surface area contributed by atoms with Gasteiger partial charge in [0.05, 0.1) is 0 Å². The number of amides is 8. The van der Waals surface area contributed by atoms with Gasteiger partial charge in [-0.1, -0.05) is 27.7 Å². The highest BCUT2D eigenvalue weighted by molar-refractivity contribution is 7.80. The zero-order chi connectivity index (χ0) is 46.6. The zero-order valence-corrected chi connectivity index (χ0v) is 35.8. The molecule has 61 heavy (non-hydrogen) atoms. The fraction of sp³-hybridized carbons (Fsp3) is 0.703. The molecule has 0 unspecified atom stereocenters. The number of carbonyl (C=O) groups is 11. The van der Waals surface area contributed by atoms with Crippen molar-refractivity contribution in [2.75, 3.05) is 12.3 Å². The van der Waals surface area contributed by atoms with Gasteiger partial charge in [-0.25, -0.2) is 0 Å². The second-order valence-corrected chi connectivity index (χ2v) is 15.6. The van der Waals surface area contributed by atoms with E-state index in [-0.39, 0.29) is 18.7 Å². The predicted octanol–water partition coefficient (Wildman–Crippen LogP) is -3.14. The van der Waals surface area contributed by atoms with Gasteiger partial charge in [0.25, 0.3) is 0 Å². The second kappa shape index (κ2) is 26.6. The molecule has 1 aliphatic rings. The average molecular weight is 888 g/mol. The van der Waals surface area contributed by atoms with E-state index in [2.05, 4.69) is 55.2 Å². The lowest BCUT2D eigenvalue weighted by atomic mass is 9.98. The van der Waals surface area contributed by atoms with E-state index in [1.54, 1.807) is 13.8 Å². The summed E-state index contributed by atoms with van der Waals surface area (Å²) in [5.74, 6) is -13.5. The summed E-state index contributed by atoms with van der Waals surface area (Å²) >= 11 is 4.14. The molecule has 0 saturated carbocycles. The molecular formula is C37H61N9O14S. The number of rotatable bonds is 16. The lowest BCUT2D eigenvalue weighted by Crippen LogP contribution is -2.62. The maximum Gasteiger partial charge on any atom is 0.303 e. The topological polar surface area (TPSA) is 371 Å². The maximum atomic E-state index is 13.8. The molecule has 0 bridgehead atoms. The molecule has 8 amide bonds. The normalized spacial score (nSPS) is 25.7. The van der Waals surface area contributed by atoms with E-state index in [0.717, 1.165) is 0 Å². The van der Waals surface area contributed by atoms with E-state index in [1.165, 1.54) is 20.8 Å². The Morgan fingerprint density at radius 3 is 1.18 bits per heavy atom. The van der Waals surface area contributed by atoms with Gasteiger partial charge in [-0.3, -0.25) is 52.7 Å². The number of unbranched alkanes of at least 4 members (excludes halogenated alkanes) is 1. The minimum absolute atomic E-state index is 0.0158. The van der Waals surface area contributed by atoms with Crippen LogP contribution in [0, 0.1) is 11.8 Å². The van der Waals surface area contributed by atoms with Crippen LogP contribution in [-0.4, -0.2) is 141 Å². The van der Waals surface area contributed by atoms with Gasteiger partial charge < -0.3 is 63.6 Å². The third kappa shape index (κ3) is 19.2. The number of carbonyl (C=O) groups excluding carboxylic acids is 8. The molecule has 1 rings (SSSR count). The van der Waals surface area contributed by atoms with Crippen LogP contribution in [0.1, 0.15) is 92.4 Å². The molecule has 0 aromatic heterocycles. The molecule has 0 radical (unpaired) electrons. The highest BCUT2D eigenvalue weighted by Crippen LogP contribution is 2.12. The van der Waals surface area contributed by atoms with Crippen LogP contribution < -0.4 is 48.3 Å². The van der Waals surface area contributed by atoms with Crippen molar-refractivity contribution in [3.63, 3.8) is 0 Å². The monoisotopic (exact) mass is 887 g/mol. The molecule has 23 nitrogen and oxygen atoms in total. The van der Waals surface area contributed by atoms with Gasteiger partial charge >= 0.3 is 17.9 Å². The Bertz CT molecular complexity index is 1610. The average Bonchev–Trinajstić information content (AvgIpc) is 3.17. The van der Waals surface area contributed by atoms with E-state index < -0.39 is 164 Å². The fourth-order valence-electron chi connectivity index (χ4n) is 5.89. The Labute approximate surface area is 358 Å². The first-order valence-corrected chi connectivity index (χ1v) is 20.5. The zero-order valence-electron chi connectivity index (χ0n) is 34.9. The van der Waals surface area contributed by atoms with Gasteiger partial charge in [-0.15, -0.1) is 0 Å². The summed E-state index contributed by atoms with van der Waals surface area (Å²) < 4.78 is 0. The number of aliphatic carboxylic acids is 3. The molecule has 344 valence electrons. The van der Waals surface area contributed by atoms with Crippen molar-refractivity contribution in [2.24, 2.45) is 17.6 Å². The van der Waals surface area contributed by atoms with Crippen molar-refractivity contribution >= 4 is 77.8 Å². The summed E-state index contributed by atoms with van der Waals surface area (Å²) in [5.41, 5.74) is 5.62. The molecule has 0 aromatic rings. The maximum absolute atomic E-state index is 13.8. The van der Waals surface area contributed by atoms with Gasteiger partial charge in [-0.2, -0.15) is 12.6 Å². The van der Waals surface area contributed by atoms with Gasteiger partial charge in [0.15, 0.2) is 0 Å². The Hall–Kier alpha value is -5.52. The molecule has 1 heterocycles. The van der Waals surface area contributed by atoms with E-state index in [9.17, 15) is 68.1 Å². The molecule has 0 aliphatic carbocycles. The third-order valence-corrected chi connectivity index (χ3v) is 9.85. The number of thiol groups is 1. The van der Waals surface area contributed by atoms with Gasteiger partial charge in [0.1, 0.15) is 48.3 Å². The van der Waals surface area contributed by atoms with Crippen molar-refractivity contribution in [1.29, 1.82) is 0 Å². The highest BCUT2D eigenvalue weighted by atomic mass is 32.1. The Morgan fingerprint density at radius 1 is 0.492 bits per heavy atom. The third-order valence-electron chi connectivity index (χ3n) is 9.48. The number of carboxylic acid groups (broad SMARTS) is 3. The van der Waals surface area contributed by atoms with Crippen molar-refractivity contribution in [3.05, 3.63) is 0 Å². The minimum Gasteiger partial charge on any atom is -0.481 e. The first-order valence-electron chi connectivity index (χ1n) is 19.9. The van der Waals surface area contributed by atoms with Crippen molar-refractivity contribution < 1.29 is 68.1 Å². The molecule has 1 saturated heterocycles. The highest BCUT2D eigenvalue weighted by Gasteiger charge is 2.37. The van der Waals surface area contributed by atoms with Crippen LogP contribution >= 0.6 is 12.6 Å². The Balaban J connectivity index is 3.86. The first kappa shape index (κ1) is 53.5. The number of nitrogens with two attached hydrogens (primary N) is 1. The molecule has 1 aliphatic heterocycles. The van der Waals surface area contributed by atoms with E-state index in [1.807, 2.05) is 0 Å². The number of carboxylic acids is 3. The van der Waals surface area contributed by atoms with Crippen molar-refractivity contribution in [2.45, 2.75) is 141 Å². The van der Waals surface area contributed by atoms with Crippen LogP contribution in [0.4, 0.5) is 0 Å². The number of hydrogen-bond acceptors (Lipinski definition) is 13. The summed E-state index contributed by atoms with van der Waals surface area (Å²) in [6.45, 7) is 7.63. The van der Waals surface area contributed by atoms with Crippen LogP contribution in [0.5, 0.6) is 0 Å². The number of nitrogens with one attached hydrogen (secondary N) is 8. The van der Waals surface area contributed by atoms with Crippen molar-refractivity contribution in [1.82, 2.24) is 42.5 Å². The van der Waals surface area contributed by atoms with Crippen LogP contribution in [0.25, 0.3) is 0 Å². The molecular weight excluding hydrogens is 827 g/mol.